The minimum atomic E-state index is 0.390. The molecule has 1 saturated carbocycles. The molecule has 1 aromatic rings. The Bertz CT molecular complexity index is 357. The summed E-state index contributed by atoms with van der Waals surface area (Å²) in [5.74, 6) is 0.746. The maximum atomic E-state index is 5.10. The van der Waals surface area contributed by atoms with Crippen LogP contribution in [0.25, 0.3) is 0 Å². The van der Waals surface area contributed by atoms with Crippen molar-refractivity contribution in [3.63, 3.8) is 0 Å². The van der Waals surface area contributed by atoms with Gasteiger partial charge < -0.3 is 4.42 Å². The zero-order valence-electron chi connectivity index (χ0n) is 10.6. The van der Waals surface area contributed by atoms with E-state index >= 15 is 0 Å². The molecule has 1 heterocycles. The number of hydrogen-bond acceptors (Lipinski definition) is 1. The molecule has 1 unspecified atom stereocenters. The van der Waals surface area contributed by atoms with Gasteiger partial charge in [-0.3, -0.25) is 0 Å². The minimum Gasteiger partial charge on any atom is -0.472 e. The summed E-state index contributed by atoms with van der Waals surface area (Å²) in [6.07, 6.45) is 11.1. The topological polar surface area (TPSA) is 13.1 Å². The third-order valence-electron chi connectivity index (χ3n) is 3.89. The Hall–Kier alpha value is -0.980. The molecule has 1 fully saturated rings. The maximum absolute atomic E-state index is 5.10. The molecule has 1 heteroatoms. The van der Waals surface area contributed by atoms with Crippen LogP contribution in [0, 0.1) is 11.3 Å². The minimum absolute atomic E-state index is 0.390. The van der Waals surface area contributed by atoms with Crippen molar-refractivity contribution in [2.45, 2.75) is 46.5 Å². The van der Waals surface area contributed by atoms with Crippen molar-refractivity contribution in [2.24, 2.45) is 11.3 Å². The van der Waals surface area contributed by atoms with Gasteiger partial charge in [-0.05, 0) is 42.2 Å². The highest BCUT2D eigenvalue weighted by atomic mass is 16.3. The van der Waals surface area contributed by atoms with Crippen LogP contribution < -0.4 is 0 Å². The van der Waals surface area contributed by atoms with Crippen LogP contribution in [0.15, 0.2) is 34.7 Å². The number of rotatable bonds is 2. The fourth-order valence-corrected chi connectivity index (χ4v) is 2.93. The van der Waals surface area contributed by atoms with E-state index in [9.17, 15) is 0 Å². The van der Waals surface area contributed by atoms with Crippen molar-refractivity contribution in [2.75, 3.05) is 0 Å². The van der Waals surface area contributed by atoms with E-state index in [-0.39, 0.29) is 0 Å². The molecule has 1 aliphatic rings. The molecule has 1 aliphatic carbocycles. The Kier molecular flexibility index (Phi) is 3.22. The van der Waals surface area contributed by atoms with Gasteiger partial charge >= 0.3 is 0 Å². The maximum Gasteiger partial charge on any atom is 0.0937 e. The van der Waals surface area contributed by atoms with Crippen molar-refractivity contribution in [3.05, 3.63) is 35.8 Å². The van der Waals surface area contributed by atoms with Crippen LogP contribution in [0.4, 0.5) is 0 Å². The molecule has 0 radical (unpaired) electrons. The summed E-state index contributed by atoms with van der Waals surface area (Å²) >= 11 is 0. The molecule has 0 N–H and O–H groups in total. The molecule has 1 aromatic heterocycles. The summed E-state index contributed by atoms with van der Waals surface area (Å²) in [6, 6.07) is 2.05. The summed E-state index contributed by atoms with van der Waals surface area (Å²) in [6.45, 7) is 7.12. The predicted octanol–water partition coefficient (Wildman–Crippen LogP) is 4.59. The van der Waals surface area contributed by atoms with Crippen molar-refractivity contribution in [1.29, 1.82) is 0 Å². The van der Waals surface area contributed by atoms with E-state index in [1.807, 2.05) is 6.26 Å². The van der Waals surface area contributed by atoms with Gasteiger partial charge in [0.1, 0.15) is 0 Å². The average molecular weight is 218 g/mol. The van der Waals surface area contributed by atoms with Crippen LogP contribution in [-0.4, -0.2) is 0 Å². The first kappa shape index (κ1) is 11.5. The van der Waals surface area contributed by atoms with E-state index in [1.165, 1.54) is 24.8 Å². The Morgan fingerprint density at radius 3 is 2.94 bits per heavy atom. The molecule has 0 saturated heterocycles. The van der Waals surface area contributed by atoms with Crippen LogP contribution in [0.1, 0.15) is 45.6 Å². The molecule has 1 atom stereocenters. The van der Waals surface area contributed by atoms with E-state index < -0.39 is 0 Å². The standard InChI is InChI=1S/C15H22O/c1-12-5-4-9-15(2,3)14(12)7-6-13-8-10-16-11-13/h7-8,10-12H,4-6,9H2,1-3H3. The summed E-state index contributed by atoms with van der Waals surface area (Å²) in [4.78, 5) is 0. The van der Waals surface area contributed by atoms with Gasteiger partial charge in [0, 0.05) is 0 Å². The summed E-state index contributed by atoms with van der Waals surface area (Å²) < 4.78 is 5.10. The van der Waals surface area contributed by atoms with Crippen molar-refractivity contribution >= 4 is 0 Å². The molecule has 2 rings (SSSR count). The second-order valence-electron chi connectivity index (χ2n) is 5.67. The van der Waals surface area contributed by atoms with E-state index in [2.05, 4.69) is 32.9 Å². The SMILES string of the molecule is CC1CCCC(C)(C)C1=CCc1ccoc1. The Morgan fingerprint density at radius 2 is 2.31 bits per heavy atom. The molecule has 0 aromatic carbocycles. The highest BCUT2D eigenvalue weighted by Gasteiger charge is 2.30. The van der Waals surface area contributed by atoms with Crippen LogP contribution in [-0.2, 0) is 6.42 Å². The lowest BCUT2D eigenvalue weighted by Gasteiger charge is -2.37. The smallest absolute Gasteiger partial charge is 0.0937 e. The van der Waals surface area contributed by atoms with E-state index in [1.54, 1.807) is 11.8 Å². The summed E-state index contributed by atoms with van der Waals surface area (Å²) in [5.41, 5.74) is 3.31. The summed E-state index contributed by atoms with van der Waals surface area (Å²) in [5, 5.41) is 0. The second kappa shape index (κ2) is 4.48. The third-order valence-corrected chi connectivity index (χ3v) is 3.89. The zero-order valence-corrected chi connectivity index (χ0v) is 10.6. The Balaban J connectivity index is 2.13. The van der Waals surface area contributed by atoms with Gasteiger partial charge in [0.25, 0.3) is 0 Å². The lowest BCUT2D eigenvalue weighted by Crippen LogP contribution is -2.25. The lowest BCUT2D eigenvalue weighted by molar-refractivity contribution is 0.288. The molecular weight excluding hydrogens is 196 g/mol. The molecule has 0 amide bonds. The van der Waals surface area contributed by atoms with Crippen LogP contribution >= 0.6 is 0 Å². The highest BCUT2D eigenvalue weighted by molar-refractivity contribution is 5.21. The zero-order chi connectivity index (χ0) is 11.6. The third kappa shape index (κ3) is 2.40. The molecule has 1 nitrogen and oxygen atoms in total. The lowest BCUT2D eigenvalue weighted by atomic mass is 9.68. The van der Waals surface area contributed by atoms with Crippen molar-refractivity contribution in [3.8, 4) is 0 Å². The van der Waals surface area contributed by atoms with Crippen molar-refractivity contribution in [1.82, 2.24) is 0 Å². The van der Waals surface area contributed by atoms with Crippen LogP contribution in [0.5, 0.6) is 0 Å². The van der Waals surface area contributed by atoms with Gasteiger partial charge in [-0.2, -0.15) is 0 Å². The van der Waals surface area contributed by atoms with E-state index in [0.717, 1.165) is 12.3 Å². The number of hydrogen-bond donors (Lipinski definition) is 0. The van der Waals surface area contributed by atoms with E-state index in [0.29, 0.717) is 5.41 Å². The van der Waals surface area contributed by atoms with Gasteiger partial charge in [0.15, 0.2) is 0 Å². The molecule has 88 valence electrons. The Morgan fingerprint density at radius 1 is 1.50 bits per heavy atom. The van der Waals surface area contributed by atoms with Gasteiger partial charge in [0.2, 0.25) is 0 Å². The predicted molar refractivity (Wildman–Crippen MR) is 67.3 cm³/mol. The normalized spacial score (nSPS) is 27.2. The number of allylic oxidation sites excluding steroid dienone is 2. The van der Waals surface area contributed by atoms with Gasteiger partial charge in [-0.25, -0.2) is 0 Å². The van der Waals surface area contributed by atoms with Crippen molar-refractivity contribution < 1.29 is 4.42 Å². The van der Waals surface area contributed by atoms with Crippen LogP contribution in [0.3, 0.4) is 0 Å². The highest BCUT2D eigenvalue weighted by Crippen LogP contribution is 2.43. The largest absolute Gasteiger partial charge is 0.472 e. The molecule has 16 heavy (non-hydrogen) atoms. The van der Waals surface area contributed by atoms with Crippen LogP contribution in [0.2, 0.25) is 0 Å². The first-order valence-electron chi connectivity index (χ1n) is 6.31. The molecule has 0 aliphatic heterocycles. The van der Waals surface area contributed by atoms with E-state index in [4.69, 9.17) is 4.42 Å². The fraction of sp³-hybridized carbons (Fsp3) is 0.600. The second-order valence-corrected chi connectivity index (χ2v) is 5.67. The number of furan rings is 1. The summed E-state index contributed by atoms with van der Waals surface area (Å²) in [7, 11) is 0. The van der Waals surface area contributed by atoms with Gasteiger partial charge in [-0.15, -0.1) is 0 Å². The first-order chi connectivity index (χ1) is 7.59. The molecule has 0 spiro atoms. The first-order valence-corrected chi connectivity index (χ1v) is 6.31. The van der Waals surface area contributed by atoms with Gasteiger partial charge in [-0.1, -0.05) is 38.8 Å². The average Bonchev–Trinajstić information content (AvgIpc) is 2.68. The van der Waals surface area contributed by atoms with Gasteiger partial charge in [0.05, 0.1) is 12.5 Å². The monoisotopic (exact) mass is 218 g/mol. The molecular formula is C15H22O. The quantitative estimate of drug-likeness (QED) is 0.661. The molecule has 0 bridgehead atoms. The fourth-order valence-electron chi connectivity index (χ4n) is 2.93. The Labute approximate surface area is 98.5 Å².